The SMILES string of the molecule is CC(=O)Nc1ccc(S(=O)(=O)Nc2ccc3c(c2)S(=O)(=O)N=C(c2c(O)c4cccnc4n(CCC(C)C)c2=O)N3)cc1. The lowest BCUT2D eigenvalue weighted by Crippen LogP contribution is -2.33. The van der Waals surface area contributed by atoms with Crippen LogP contribution in [0.25, 0.3) is 11.0 Å². The summed E-state index contributed by atoms with van der Waals surface area (Å²) in [4.78, 5) is 28.6. The molecule has 0 bridgehead atoms. The lowest BCUT2D eigenvalue weighted by Gasteiger charge is -2.21. The molecule has 2 aromatic carbocycles. The molecule has 15 heteroatoms. The van der Waals surface area contributed by atoms with Crippen molar-refractivity contribution in [3.05, 3.63) is 76.7 Å². The van der Waals surface area contributed by atoms with E-state index in [0.717, 1.165) is 6.07 Å². The van der Waals surface area contributed by atoms with E-state index in [1.807, 2.05) is 13.8 Å². The average Bonchev–Trinajstić information content (AvgIpc) is 2.93. The summed E-state index contributed by atoms with van der Waals surface area (Å²) < 4.78 is 60.0. The van der Waals surface area contributed by atoms with Crippen molar-refractivity contribution < 1.29 is 26.7 Å². The molecular weight excluding hydrogens is 596 g/mol. The zero-order valence-electron chi connectivity index (χ0n) is 23.3. The average molecular weight is 625 g/mol. The summed E-state index contributed by atoms with van der Waals surface area (Å²) in [6.07, 6.45) is 2.13. The van der Waals surface area contributed by atoms with Crippen molar-refractivity contribution in [2.75, 3.05) is 15.4 Å². The molecule has 2 aromatic heterocycles. The molecule has 43 heavy (non-hydrogen) atoms. The van der Waals surface area contributed by atoms with Gasteiger partial charge in [0.15, 0.2) is 5.84 Å². The zero-order valence-corrected chi connectivity index (χ0v) is 25.0. The number of amides is 1. The number of aromatic hydroxyl groups is 1. The minimum atomic E-state index is -4.45. The normalized spacial score (nSPS) is 14.1. The van der Waals surface area contributed by atoms with Crippen LogP contribution in [0.2, 0.25) is 0 Å². The number of aromatic nitrogens is 2. The third-order valence-corrected chi connectivity index (χ3v) is 9.34. The Labute approximate surface area is 247 Å². The van der Waals surface area contributed by atoms with Crippen molar-refractivity contribution in [2.45, 2.75) is 43.5 Å². The molecule has 0 saturated carbocycles. The summed E-state index contributed by atoms with van der Waals surface area (Å²) in [5, 5.41) is 16.7. The van der Waals surface area contributed by atoms with E-state index < -0.39 is 31.4 Å². The first-order chi connectivity index (χ1) is 20.3. The summed E-state index contributed by atoms with van der Waals surface area (Å²) in [5.41, 5.74) is -0.341. The highest BCUT2D eigenvalue weighted by atomic mass is 32.2. The van der Waals surface area contributed by atoms with Crippen molar-refractivity contribution in [3.8, 4) is 5.75 Å². The number of pyridine rings is 2. The molecule has 4 N–H and O–H groups in total. The highest BCUT2D eigenvalue weighted by Gasteiger charge is 2.31. The number of fused-ring (bicyclic) bond motifs is 2. The third kappa shape index (κ3) is 5.94. The fourth-order valence-corrected chi connectivity index (χ4v) is 6.74. The van der Waals surface area contributed by atoms with Gasteiger partial charge in [0, 0.05) is 25.4 Å². The van der Waals surface area contributed by atoms with Gasteiger partial charge in [-0.25, -0.2) is 13.4 Å². The minimum absolute atomic E-state index is 0.0337. The van der Waals surface area contributed by atoms with Crippen LogP contribution in [0.5, 0.6) is 5.75 Å². The largest absolute Gasteiger partial charge is 0.506 e. The molecule has 0 radical (unpaired) electrons. The van der Waals surface area contributed by atoms with Crippen LogP contribution in [0.3, 0.4) is 0 Å². The van der Waals surface area contributed by atoms with Crippen LogP contribution in [-0.2, 0) is 31.4 Å². The molecule has 0 aliphatic carbocycles. The summed E-state index contributed by atoms with van der Waals surface area (Å²) in [7, 11) is -8.57. The fraction of sp³-hybridized carbons (Fsp3) is 0.214. The predicted molar refractivity (Wildman–Crippen MR) is 162 cm³/mol. The third-order valence-electron chi connectivity index (χ3n) is 6.62. The first kappa shape index (κ1) is 29.7. The van der Waals surface area contributed by atoms with E-state index in [9.17, 15) is 31.5 Å². The molecule has 3 heterocycles. The van der Waals surface area contributed by atoms with Crippen molar-refractivity contribution >= 4 is 59.9 Å². The molecular formula is C28H28N6O7S2. The number of rotatable bonds is 8. The van der Waals surface area contributed by atoms with Gasteiger partial charge in [-0.1, -0.05) is 13.8 Å². The summed E-state index contributed by atoms with van der Waals surface area (Å²) in [6, 6.07) is 12.4. The van der Waals surface area contributed by atoms with Crippen molar-refractivity contribution in [3.63, 3.8) is 0 Å². The topological polar surface area (TPSA) is 189 Å². The number of nitrogens with one attached hydrogen (secondary N) is 3. The molecule has 13 nitrogen and oxygen atoms in total. The number of benzene rings is 2. The lowest BCUT2D eigenvalue weighted by atomic mass is 10.1. The summed E-state index contributed by atoms with van der Waals surface area (Å²) >= 11 is 0. The number of aryl methyl sites for hydroxylation is 1. The van der Waals surface area contributed by atoms with Crippen LogP contribution in [0.1, 0.15) is 32.8 Å². The number of anilines is 3. The van der Waals surface area contributed by atoms with Crippen LogP contribution in [0.15, 0.2) is 79.8 Å². The first-order valence-corrected chi connectivity index (χ1v) is 16.1. The Morgan fingerprint density at radius 3 is 2.47 bits per heavy atom. The van der Waals surface area contributed by atoms with E-state index in [1.54, 1.807) is 12.1 Å². The Hall–Kier alpha value is -4.76. The molecule has 1 aliphatic heterocycles. The molecule has 5 rings (SSSR count). The monoisotopic (exact) mass is 624 g/mol. The lowest BCUT2D eigenvalue weighted by molar-refractivity contribution is -0.114. The van der Waals surface area contributed by atoms with Crippen molar-refractivity contribution in [1.82, 2.24) is 9.55 Å². The highest BCUT2D eigenvalue weighted by Crippen LogP contribution is 2.34. The predicted octanol–water partition coefficient (Wildman–Crippen LogP) is 3.47. The molecule has 0 saturated heterocycles. The maximum atomic E-state index is 13.6. The second-order valence-electron chi connectivity index (χ2n) is 10.3. The number of hydrogen-bond donors (Lipinski definition) is 4. The van der Waals surface area contributed by atoms with E-state index >= 15 is 0 Å². The van der Waals surface area contributed by atoms with Crippen LogP contribution in [0, 0.1) is 5.92 Å². The number of hydrogen-bond acceptors (Lipinski definition) is 9. The number of sulfonamides is 2. The van der Waals surface area contributed by atoms with Gasteiger partial charge >= 0.3 is 0 Å². The minimum Gasteiger partial charge on any atom is -0.506 e. The number of carbonyl (C=O) groups excluding carboxylic acids is 1. The molecule has 224 valence electrons. The molecule has 0 unspecified atom stereocenters. The summed E-state index contributed by atoms with van der Waals surface area (Å²) in [6.45, 7) is 5.60. The Kier molecular flexibility index (Phi) is 7.70. The molecule has 1 amide bonds. The second kappa shape index (κ2) is 11.1. The number of nitrogens with zero attached hydrogens (tertiary/aromatic N) is 3. The Morgan fingerprint density at radius 2 is 1.79 bits per heavy atom. The Bertz CT molecular complexity index is 2070. The van der Waals surface area contributed by atoms with Gasteiger partial charge in [0.25, 0.3) is 25.6 Å². The molecule has 4 aromatic rings. The standard InChI is InChI=1S/C28H28N6O7S2/c1-16(2)12-14-34-27-21(5-4-13-29-27)25(36)24(28(34)37)26-31-22-11-8-19(15-23(22)43(40,41)33-26)32-42(38,39)20-9-6-18(7-10-20)30-17(3)35/h4-11,13,15-16,32,36H,12,14H2,1-3H3,(H,30,35)(H,31,33). The van der Waals surface area contributed by atoms with Gasteiger partial charge in [0.1, 0.15) is 21.9 Å². The number of amidine groups is 1. The molecule has 0 spiro atoms. The summed E-state index contributed by atoms with van der Waals surface area (Å²) in [5.74, 6) is -0.887. The van der Waals surface area contributed by atoms with Crippen molar-refractivity contribution in [2.24, 2.45) is 10.3 Å². The van der Waals surface area contributed by atoms with E-state index in [1.165, 1.54) is 54.1 Å². The van der Waals surface area contributed by atoms with Crippen LogP contribution < -0.4 is 20.9 Å². The Morgan fingerprint density at radius 1 is 1.09 bits per heavy atom. The van der Waals surface area contributed by atoms with E-state index in [0.29, 0.717) is 12.1 Å². The van der Waals surface area contributed by atoms with Gasteiger partial charge in [0.05, 0.1) is 21.7 Å². The van der Waals surface area contributed by atoms with Gasteiger partial charge in [-0.05, 0) is 66.9 Å². The van der Waals surface area contributed by atoms with Gasteiger partial charge in [-0.2, -0.15) is 8.42 Å². The van der Waals surface area contributed by atoms with Crippen LogP contribution in [-0.4, -0.2) is 43.2 Å². The highest BCUT2D eigenvalue weighted by molar-refractivity contribution is 7.92. The zero-order chi connectivity index (χ0) is 31.1. The van der Waals surface area contributed by atoms with Crippen LogP contribution >= 0.6 is 0 Å². The number of carbonyl (C=O) groups is 1. The van der Waals surface area contributed by atoms with Gasteiger partial charge < -0.3 is 15.7 Å². The smallest absolute Gasteiger partial charge is 0.286 e. The quantitative estimate of drug-likeness (QED) is 0.227. The first-order valence-electron chi connectivity index (χ1n) is 13.1. The van der Waals surface area contributed by atoms with Gasteiger partial charge in [-0.3, -0.25) is 18.9 Å². The van der Waals surface area contributed by atoms with Gasteiger partial charge in [-0.15, -0.1) is 4.40 Å². The van der Waals surface area contributed by atoms with Crippen molar-refractivity contribution in [1.29, 1.82) is 0 Å². The molecule has 1 aliphatic rings. The molecule has 0 fully saturated rings. The maximum absolute atomic E-state index is 13.6. The van der Waals surface area contributed by atoms with Crippen LogP contribution in [0.4, 0.5) is 17.1 Å². The van der Waals surface area contributed by atoms with E-state index in [4.69, 9.17) is 0 Å². The van der Waals surface area contributed by atoms with Gasteiger partial charge in [0.2, 0.25) is 5.91 Å². The maximum Gasteiger partial charge on any atom is 0.286 e. The molecule has 0 atom stereocenters. The van der Waals surface area contributed by atoms with E-state index in [2.05, 4.69) is 24.7 Å². The fourth-order valence-electron chi connectivity index (χ4n) is 4.54. The second-order valence-corrected chi connectivity index (χ2v) is 13.6. The van der Waals surface area contributed by atoms with E-state index in [-0.39, 0.29) is 62.0 Å². The Balaban J connectivity index is 1.50.